The van der Waals surface area contributed by atoms with Gasteiger partial charge in [-0.1, -0.05) is 0 Å². The summed E-state index contributed by atoms with van der Waals surface area (Å²) in [5.74, 6) is -0.688. The quantitative estimate of drug-likeness (QED) is 0.510. The molecule has 2 aromatic heterocycles. The van der Waals surface area contributed by atoms with Crippen LogP contribution < -0.4 is 0 Å². The SMILES string of the molecule is Cc1ncc(-c2cc(CCC(=O)[C@@H]3C4CC(C4)N3S(=O)(=O)c3ccc(F)cc3)ncc2F)cn1. The molecule has 0 spiro atoms. The molecule has 3 aromatic rings. The van der Waals surface area contributed by atoms with E-state index in [9.17, 15) is 22.0 Å². The summed E-state index contributed by atoms with van der Waals surface area (Å²) in [5, 5.41) is 0. The van der Waals surface area contributed by atoms with Gasteiger partial charge in [0.1, 0.15) is 17.5 Å². The molecular formula is C24H22F2N4O3S. The number of aromatic nitrogens is 3. The molecule has 1 aromatic carbocycles. The van der Waals surface area contributed by atoms with Crippen LogP contribution in [-0.2, 0) is 21.2 Å². The number of aryl methyl sites for hydroxylation is 2. The van der Waals surface area contributed by atoms with Crippen molar-refractivity contribution in [3.63, 3.8) is 0 Å². The molecule has 3 fully saturated rings. The highest BCUT2D eigenvalue weighted by molar-refractivity contribution is 7.89. The molecule has 6 rings (SSSR count). The van der Waals surface area contributed by atoms with E-state index in [4.69, 9.17) is 0 Å². The molecule has 1 aliphatic carbocycles. The summed E-state index contributed by atoms with van der Waals surface area (Å²) in [7, 11) is -3.93. The van der Waals surface area contributed by atoms with Gasteiger partial charge in [0.15, 0.2) is 5.78 Å². The second kappa shape index (κ2) is 8.59. The van der Waals surface area contributed by atoms with Crippen LogP contribution in [0.2, 0.25) is 0 Å². The number of fused-ring (bicyclic) bond motifs is 1. The van der Waals surface area contributed by atoms with Crippen molar-refractivity contribution in [1.29, 1.82) is 0 Å². The minimum atomic E-state index is -3.93. The number of carbonyl (C=O) groups is 1. The highest BCUT2D eigenvalue weighted by Gasteiger charge is 2.58. The van der Waals surface area contributed by atoms with E-state index >= 15 is 0 Å². The van der Waals surface area contributed by atoms with Gasteiger partial charge in [-0.2, -0.15) is 4.31 Å². The number of carbonyl (C=O) groups excluding carboxylic acids is 1. The molecular weight excluding hydrogens is 462 g/mol. The number of benzene rings is 1. The third-order valence-corrected chi connectivity index (χ3v) is 8.53. The van der Waals surface area contributed by atoms with Crippen molar-refractivity contribution < 1.29 is 22.0 Å². The lowest BCUT2D eigenvalue weighted by Crippen LogP contribution is -2.41. The van der Waals surface area contributed by atoms with Crippen molar-refractivity contribution in [2.24, 2.45) is 5.92 Å². The number of hydrogen-bond acceptors (Lipinski definition) is 6. The fourth-order valence-corrected chi connectivity index (χ4v) is 6.66. The highest BCUT2D eigenvalue weighted by atomic mass is 32.2. The first-order chi connectivity index (χ1) is 16.2. The number of hydrogen-bond donors (Lipinski definition) is 0. The molecule has 2 aliphatic heterocycles. The smallest absolute Gasteiger partial charge is 0.243 e. The molecule has 34 heavy (non-hydrogen) atoms. The summed E-state index contributed by atoms with van der Waals surface area (Å²) in [4.78, 5) is 25.4. The molecule has 2 bridgehead atoms. The van der Waals surface area contributed by atoms with Crippen LogP contribution >= 0.6 is 0 Å². The molecule has 1 saturated carbocycles. The zero-order valence-corrected chi connectivity index (χ0v) is 19.2. The Balaban J connectivity index is 1.33. The second-order valence-corrected chi connectivity index (χ2v) is 10.6. The maximum Gasteiger partial charge on any atom is 0.243 e. The summed E-state index contributed by atoms with van der Waals surface area (Å²) in [6, 6.07) is 5.25. The maximum absolute atomic E-state index is 14.3. The molecule has 2 saturated heterocycles. The molecule has 0 amide bonds. The van der Waals surface area contributed by atoms with Crippen molar-refractivity contribution in [2.45, 2.75) is 49.6 Å². The highest BCUT2D eigenvalue weighted by Crippen LogP contribution is 2.49. The largest absolute Gasteiger partial charge is 0.298 e. The Morgan fingerprint density at radius 2 is 1.74 bits per heavy atom. The van der Waals surface area contributed by atoms with Crippen molar-refractivity contribution in [1.82, 2.24) is 19.3 Å². The predicted octanol–water partition coefficient (Wildman–Crippen LogP) is 3.48. The van der Waals surface area contributed by atoms with Crippen molar-refractivity contribution in [3.05, 3.63) is 72.1 Å². The normalized spacial score (nSPS) is 21.9. The Kier molecular flexibility index (Phi) is 5.73. The summed E-state index contributed by atoms with van der Waals surface area (Å²) in [6.07, 6.45) is 5.77. The topological polar surface area (TPSA) is 93.1 Å². The lowest BCUT2D eigenvalue weighted by molar-refractivity contribution is -0.122. The van der Waals surface area contributed by atoms with Crippen LogP contribution in [0.25, 0.3) is 11.1 Å². The van der Waals surface area contributed by atoms with E-state index in [2.05, 4.69) is 15.0 Å². The van der Waals surface area contributed by atoms with Crippen LogP contribution in [0, 0.1) is 24.5 Å². The van der Waals surface area contributed by atoms with E-state index in [1.165, 1.54) is 28.8 Å². The van der Waals surface area contributed by atoms with Gasteiger partial charge in [0.25, 0.3) is 0 Å². The predicted molar refractivity (Wildman–Crippen MR) is 119 cm³/mol. The van der Waals surface area contributed by atoms with Gasteiger partial charge in [-0.05, 0) is 62.4 Å². The number of rotatable bonds is 7. The first-order valence-corrected chi connectivity index (χ1v) is 12.4. The van der Waals surface area contributed by atoms with E-state index in [1.54, 1.807) is 13.0 Å². The Morgan fingerprint density at radius 1 is 1.06 bits per heavy atom. The van der Waals surface area contributed by atoms with Gasteiger partial charge in [-0.25, -0.2) is 27.2 Å². The number of sulfonamides is 1. The zero-order valence-electron chi connectivity index (χ0n) is 18.4. The average Bonchev–Trinajstić information content (AvgIpc) is 3.37. The molecule has 4 heterocycles. The van der Waals surface area contributed by atoms with Crippen LogP contribution in [0.3, 0.4) is 0 Å². The fraction of sp³-hybridized carbons (Fsp3) is 0.333. The van der Waals surface area contributed by atoms with Gasteiger partial charge in [0.05, 0.1) is 17.1 Å². The van der Waals surface area contributed by atoms with E-state index in [0.29, 0.717) is 35.5 Å². The molecule has 3 aliphatic rings. The number of ketones is 1. The summed E-state index contributed by atoms with van der Waals surface area (Å²) >= 11 is 0. The fourth-order valence-electron chi connectivity index (χ4n) is 4.78. The lowest BCUT2D eigenvalue weighted by Gasteiger charge is -2.25. The van der Waals surface area contributed by atoms with Crippen LogP contribution in [-0.4, -0.2) is 45.5 Å². The molecule has 7 nitrogen and oxygen atoms in total. The van der Waals surface area contributed by atoms with E-state index < -0.39 is 27.7 Å². The van der Waals surface area contributed by atoms with Gasteiger partial charge in [-0.15, -0.1) is 0 Å². The molecule has 1 atom stereocenters. The minimum Gasteiger partial charge on any atom is -0.298 e. The summed E-state index contributed by atoms with van der Waals surface area (Å²) in [5.41, 5.74) is 1.32. The molecule has 10 heteroatoms. The number of Topliss-reactive ketones (excluding diaryl/α,β-unsaturated/α-hetero) is 1. The van der Waals surface area contributed by atoms with Crippen LogP contribution in [0.5, 0.6) is 0 Å². The van der Waals surface area contributed by atoms with Crippen LogP contribution in [0.4, 0.5) is 8.78 Å². The number of nitrogens with zero attached hydrogens (tertiary/aromatic N) is 4. The molecule has 176 valence electrons. The number of halogens is 2. The van der Waals surface area contributed by atoms with Gasteiger partial charge >= 0.3 is 0 Å². The van der Waals surface area contributed by atoms with Crippen LogP contribution in [0.1, 0.15) is 30.8 Å². The Hall–Kier alpha value is -3.11. The third-order valence-electron chi connectivity index (χ3n) is 6.58. The van der Waals surface area contributed by atoms with Gasteiger partial charge < -0.3 is 0 Å². The van der Waals surface area contributed by atoms with Gasteiger partial charge in [0.2, 0.25) is 10.0 Å². The lowest BCUT2D eigenvalue weighted by atomic mass is 9.81. The van der Waals surface area contributed by atoms with E-state index in [-0.39, 0.29) is 35.5 Å². The molecule has 0 N–H and O–H groups in total. The Labute approximate surface area is 195 Å². The van der Waals surface area contributed by atoms with Gasteiger partial charge in [0, 0.05) is 41.7 Å². The third kappa shape index (κ3) is 4.01. The number of pyridine rings is 1. The van der Waals surface area contributed by atoms with E-state index in [1.807, 2.05) is 0 Å². The Bertz CT molecular complexity index is 1340. The zero-order chi connectivity index (χ0) is 24.0. The maximum atomic E-state index is 14.3. The first kappa shape index (κ1) is 22.7. The summed E-state index contributed by atoms with van der Waals surface area (Å²) < 4.78 is 55.4. The van der Waals surface area contributed by atoms with E-state index in [0.717, 1.165) is 18.3 Å². The van der Waals surface area contributed by atoms with Gasteiger partial charge in [-0.3, -0.25) is 9.78 Å². The standard InChI is InChI=1S/C24H22F2N4O3S/c1-14-27-11-16(12-28-14)21-10-18(29-13-22(21)26)4-7-23(31)24-15-8-19(9-15)30(24)34(32,33)20-5-2-17(25)3-6-20/h2-3,5-6,10-13,15,19,24H,4,7-9H2,1H3/t15?,19?,24-/m0/s1. The summed E-state index contributed by atoms with van der Waals surface area (Å²) in [6.45, 7) is 1.73. The minimum absolute atomic E-state index is 0.0193. The van der Waals surface area contributed by atoms with Crippen molar-refractivity contribution in [3.8, 4) is 11.1 Å². The Morgan fingerprint density at radius 3 is 2.41 bits per heavy atom. The van der Waals surface area contributed by atoms with Crippen LogP contribution in [0.15, 0.2) is 53.8 Å². The second-order valence-electron chi connectivity index (χ2n) is 8.76. The molecule has 0 unspecified atom stereocenters. The molecule has 0 radical (unpaired) electrons. The average molecular weight is 485 g/mol. The van der Waals surface area contributed by atoms with Crippen molar-refractivity contribution in [2.75, 3.05) is 0 Å². The van der Waals surface area contributed by atoms with Crippen molar-refractivity contribution >= 4 is 15.8 Å². The first-order valence-electron chi connectivity index (χ1n) is 11.0. The monoisotopic (exact) mass is 484 g/mol.